The van der Waals surface area contributed by atoms with E-state index in [2.05, 4.69) is 9.71 Å². The van der Waals surface area contributed by atoms with Gasteiger partial charge in [-0.2, -0.15) is 0 Å². The normalized spacial score (nSPS) is 28.5. The second-order valence-electron chi connectivity index (χ2n) is 5.72. The average Bonchev–Trinajstić information content (AvgIpc) is 2.36. The number of fused-ring (bicyclic) bond motifs is 1. The summed E-state index contributed by atoms with van der Waals surface area (Å²) in [6.45, 7) is 0. The van der Waals surface area contributed by atoms with Crippen LogP contribution in [0, 0.1) is 5.92 Å². The Balaban J connectivity index is 1.80. The van der Waals surface area contributed by atoms with Gasteiger partial charge in [0, 0.05) is 6.20 Å². The number of nitrogens with one attached hydrogen (secondary N) is 1. The highest BCUT2D eigenvalue weighted by Crippen LogP contribution is 2.35. The maximum absolute atomic E-state index is 12.4. The van der Waals surface area contributed by atoms with E-state index in [4.69, 9.17) is 5.11 Å². The molecule has 2 aliphatic rings. The number of pyridine rings is 1. The van der Waals surface area contributed by atoms with Crippen LogP contribution >= 0.6 is 0 Å². The molecule has 2 aliphatic carbocycles. The van der Waals surface area contributed by atoms with E-state index in [1.165, 1.54) is 0 Å². The fourth-order valence-corrected chi connectivity index (χ4v) is 5.07. The molecule has 21 heavy (non-hydrogen) atoms. The van der Waals surface area contributed by atoms with E-state index < -0.39 is 27.2 Å². The molecule has 1 fully saturated rings. The van der Waals surface area contributed by atoms with Gasteiger partial charge in [0.1, 0.15) is 0 Å². The van der Waals surface area contributed by atoms with Gasteiger partial charge in [0.15, 0.2) is 0 Å². The van der Waals surface area contributed by atoms with Crippen molar-refractivity contribution in [3.05, 3.63) is 29.6 Å². The first-order valence-corrected chi connectivity index (χ1v) is 8.71. The van der Waals surface area contributed by atoms with Crippen molar-refractivity contribution in [3.8, 4) is 0 Å². The van der Waals surface area contributed by atoms with Crippen LogP contribution in [0.1, 0.15) is 43.0 Å². The van der Waals surface area contributed by atoms with E-state index in [1.54, 1.807) is 6.20 Å². The van der Waals surface area contributed by atoms with Gasteiger partial charge >= 0.3 is 5.97 Å². The number of nitrogens with zero attached hydrogens (tertiary/aromatic N) is 1. The maximum atomic E-state index is 12.4. The van der Waals surface area contributed by atoms with Gasteiger partial charge in [0.2, 0.25) is 10.0 Å². The van der Waals surface area contributed by atoms with Crippen molar-refractivity contribution in [2.24, 2.45) is 5.92 Å². The number of rotatable bonds is 4. The largest absolute Gasteiger partial charge is 0.481 e. The monoisotopic (exact) mass is 310 g/mol. The Morgan fingerprint density at radius 1 is 1.33 bits per heavy atom. The van der Waals surface area contributed by atoms with Crippen LogP contribution in [0.5, 0.6) is 0 Å². The standard InChI is InChI=1S/C14H18N2O4S/c17-14(18)10-6-7-12(10)21(19,20)16-11-5-1-3-9-4-2-8-15-13(9)11/h2,4,8,10-12,16H,1,3,5-7H2,(H,17,18)/t10?,11-,12?/m0/s1. The minimum atomic E-state index is -3.63. The van der Waals surface area contributed by atoms with Crippen LogP contribution < -0.4 is 4.72 Å². The molecular formula is C14H18N2O4S. The van der Waals surface area contributed by atoms with Crippen LogP contribution in [0.4, 0.5) is 0 Å². The summed E-state index contributed by atoms with van der Waals surface area (Å²) in [5.74, 6) is -1.81. The van der Waals surface area contributed by atoms with E-state index in [0.29, 0.717) is 19.3 Å². The summed E-state index contributed by atoms with van der Waals surface area (Å²) in [4.78, 5) is 15.3. The third-order valence-electron chi connectivity index (χ3n) is 4.43. The molecule has 6 nitrogen and oxygen atoms in total. The van der Waals surface area contributed by atoms with E-state index in [9.17, 15) is 13.2 Å². The summed E-state index contributed by atoms with van der Waals surface area (Å²) >= 11 is 0. The highest BCUT2D eigenvalue weighted by molar-refractivity contribution is 7.90. The Kier molecular flexibility index (Phi) is 3.71. The summed E-state index contributed by atoms with van der Waals surface area (Å²) in [6, 6.07) is 3.48. The summed E-state index contributed by atoms with van der Waals surface area (Å²) in [5.41, 5.74) is 1.85. The number of hydrogen-bond donors (Lipinski definition) is 2. The molecule has 1 aromatic rings. The van der Waals surface area contributed by atoms with Gasteiger partial charge in [0.05, 0.1) is 22.9 Å². The number of hydrogen-bond acceptors (Lipinski definition) is 4. The highest BCUT2D eigenvalue weighted by atomic mass is 32.2. The van der Waals surface area contributed by atoms with Crippen molar-refractivity contribution in [1.29, 1.82) is 0 Å². The SMILES string of the molecule is O=C(O)C1CCC1S(=O)(=O)N[C@H]1CCCc2cccnc21. The number of carbonyl (C=O) groups is 1. The molecule has 0 radical (unpaired) electrons. The molecule has 2 unspecified atom stereocenters. The van der Waals surface area contributed by atoms with Crippen LogP contribution in [0.3, 0.4) is 0 Å². The molecule has 114 valence electrons. The first-order chi connectivity index (χ1) is 9.99. The minimum absolute atomic E-state index is 0.338. The number of sulfonamides is 1. The lowest BCUT2D eigenvalue weighted by Crippen LogP contribution is -2.49. The Morgan fingerprint density at radius 2 is 2.14 bits per heavy atom. The quantitative estimate of drug-likeness (QED) is 0.872. The van der Waals surface area contributed by atoms with Gasteiger partial charge in [0.25, 0.3) is 0 Å². The Hall–Kier alpha value is -1.47. The third-order valence-corrected chi connectivity index (χ3v) is 6.40. The van der Waals surface area contributed by atoms with Crippen molar-refractivity contribution in [3.63, 3.8) is 0 Å². The van der Waals surface area contributed by atoms with Gasteiger partial charge in [-0.25, -0.2) is 13.1 Å². The van der Waals surface area contributed by atoms with Gasteiger partial charge < -0.3 is 5.11 Å². The van der Waals surface area contributed by atoms with E-state index in [-0.39, 0.29) is 6.04 Å². The zero-order valence-corrected chi connectivity index (χ0v) is 12.3. The molecule has 0 bridgehead atoms. The number of aliphatic carboxylic acids is 1. The molecular weight excluding hydrogens is 292 g/mol. The molecule has 0 saturated heterocycles. The number of aromatic nitrogens is 1. The molecule has 3 atom stereocenters. The molecule has 3 rings (SSSR count). The molecule has 1 saturated carbocycles. The first kappa shape index (κ1) is 14.5. The van der Waals surface area contributed by atoms with E-state index in [1.807, 2.05) is 12.1 Å². The number of carboxylic acid groups (broad SMARTS) is 1. The summed E-state index contributed by atoms with van der Waals surface area (Å²) < 4.78 is 27.5. The highest BCUT2D eigenvalue weighted by Gasteiger charge is 2.46. The van der Waals surface area contributed by atoms with Crippen LogP contribution in [-0.2, 0) is 21.2 Å². The average molecular weight is 310 g/mol. The Bertz CT molecular complexity index is 659. The second kappa shape index (κ2) is 5.38. The number of carboxylic acids is 1. The van der Waals surface area contributed by atoms with E-state index in [0.717, 1.165) is 24.1 Å². The number of aryl methyl sites for hydroxylation is 1. The fraction of sp³-hybridized carbons (Fsp3) is 0.571. The topological polar surface area (TPSA) is 96.4 Å². The molecule has 2 N–H and O–H groups in total. The van der Waals surface area contributed by atoms with Crippen molar-refractivity contribution in [2.75, 3.05) is 0 Å². The Labute approximate surface area is 123 Å². The van der Waals surface area contributed by atoms with Crippen LogP contribution in [0.2, 0.25) is 0 Å². The lowest BCUT2D eigenvalue weighted by Gasteiger charge is -2.34. The molecule has 0 amide bonds. The molecule has 1 aromatic heterocycles. The molecule has 0 spiro atoms. The van der Waals surface area contributed by atoms with Gasteiger partial charge in [-0.15, -0.1) is 0 Å². The zero-order chi connectivity index (χ0) is 15.0. The predicted octanol–water partition coefficient (Wildman–Crippen LogP) is 1.24. The summed E-state index contributed by atoms with van der Waals surface area (Å²) in [7, 11) is -3.63. The summed E-state index contributed by atoms with van der Waals surface area (Å²) in [6.07, 6.45) is 5.01. The lowest BCUT2D eigenvalue weighted by atomic mass is 9.85. The molecule has 1 heterocycles. The fourth-order valence-electron chi connectivity index (χ4n) is 3.13. The predicted molar refractivity (Wildman–Crippen MR) is 76.1 cm³/mol. The summed E-state index contributed by atoms with van der Waals surface area (Å²) in [5, 5.41) is 8.21. The maximum Gasteiger partial charge on any atom is 0.307 e. The van der Waals surface area contributed by atoms with Crippen LogP contribution in [-0.4, -0.2) is 29.7 Å². The molecule has 0 aromatic carbocycles. The van der Waals surface area contributed by atoms with Crippen molar-refractivity contribution in [1.82, 2.24) is 9.71 Å². The molecule has 7 heteroatoms. The smallest absolute Gasteiger partial charge is 0.307 e. The third kappa shape index (κ3) is 2.67. The van der Waals surface area contributed by atoms with Crippen molar-refractivity contribution >= 4 is 16.0 Å². The molecule has 0 aliphatic heterocycles. The minimum Gasteiger partial charge on any atom is -0.481 e. The first-order valence-electron chi connectivity index (χ1n) is 7.17. The van der Waals surface area contributed by atoms with Crippen molar-refractivity contribution in [2.45, 2.75) is 43.4 Å². The Morgan fingerprint density at radius 3 is 2.81 bits per heavy atom. The van der Waals surface area contributed by atoms with Crippen LogP contribution in [0.25, 0.3) is 0 Å². The lowest BCUT2D eigenvalue weighted by molar-refractivity contribution is -0.144. The van der Waals surface area contributed by atoms with Gasteiger partial charge in [-0.1, -0.05) is 6.07 Å². The van der Waals surface area contributed by atoms with Crippen LogP contribution in [0.15, 0.2) is 18.3 Å². The van der Waals surface area contributed by atoms with Gasteiger partial charge in [-0.3, -0.25) is 9.78 Å². The van der Waals surface area contributed by atoms with Crippen molar-refractivity contribution < 1.29 is 18.3 Å². The van der Waals surface area contributed by atoms with Gasteiger partial charge in [-0.05, 0) is 43.7 Å². The second-order valence-corrected chi connectivity index (χ2v) is 7.65. The van der Waals surface area contributed by atoms with E-state index >= 15 is 0 Å². The zero-order valence-electron chi connectivity index (χ0n) is 11.5.